The fourth-order valence-electron chi connectivity index (χ4n) is 3.65. The van der Waals surface area contributed by atoms with Crippen molar-refractivity contribution in [3.8, 4) is 22.6 Å². The third-order valence-corrected chi connectivity index (χ3v) is 7.99. The van der Waals surface area contributed by atoms with Crippen molar-refractivity contribution < 1.29 is 40.2 Å². The number of nitrogens with zero attached hydrogens (tertiary/aromatic N) is 1. The highest BCUT2D eigenvalue weighted by atomic mass is 35.5. The van der Waals surface area contributed by atoms with Crippen molar-refractivity contribution >= 4 is 60.3 Å². The minimum absolute atomic E-state index is 0.107. The number of rotatable bonds is 7. The van der Waals surface area contributed by atoms with Gasteiger partial charge in [0, 0.05) is 28.5 Å². The third kappa shape index (κ3) is 6.72. The average molecular weight is 603 g/mol. The van der Waals surface area contributed by atoms with E-state index in [0.717, 1.165) is 40.1 Å². The summed E-state index contributed by atoms with van der Waals surface area (Å²) in [5.74, 6) is -1.72. The molecular weight excluding hydrogens is 584 g/mol. The van der Waals surface area contributed by atoms with Crippen LogP contribution in [0.4, 0.5) is 28.9 Å². The van der Waals surface area contributed by atoms with Gasteiger partial charge in [0.15, 0.2) is 0 Å². The lowest BCUT2D eigenvalue weighted by Crippen LogP contribution is -2.25. The summed E-state index contributed by atoms with van der Waals surface area (Å²) in [5.41, 5.74) is 0.730. The summed E-state index contributed by atoms with van der Waals surface area (Å²) in [7, 11) is -1.20. The highest BCUT2D eigenvalue weighted by Gasteiger charge is 2.31. The molecule has 1 heterocycles. The Hall–Kier alpha value is -3.55. The number of hydrogen-bond donors (Lipinski definition) is 1. The normalized spacial score (nSPS) is 11.9. The fourth-order valence-corrected chi connectivity index (χ4v) is 5.35. The molecule has 0 aliphatic rings. The van der Waals surface area contributed by atoms with Crippen molar-refractivity contribution in [3.63, 3.8) is 0 Å². The fraction of sp³-hybridized carbons (Fsp3) is 0.160. The minimum atomic E-state index is -4.91. The maximum atomic E-state index is 14.6. The van der Waals surface area contributed by atoms with Crippen LogP contribution in [0.2, 0.25) is 5.02 Å². The SMILES string of the molecule is COc1cc(OC(F)(F)F)cc(-c2cc(Cl)cc(NC(=O)c3cc4cc(N(C)S(C)(=O)=O)c(F)cc4s3)c2)c1. The second kappa shape index (κ2) is 10.5. The van der Waals surface area contributed by atoms with Gasteiger partial charge in [-0.15, -0.1) is 24.5 Å². The second-order valence-electron chi connectivity index (χ2n) is 8.31. The molecule has 0 bridgehead atoms. The van der Waals surface area contributed by atoms with Gasteiger partial charge in [-0.05, 0) is 65.0 Å². The number of carbonyl (C=O) groups excluding carboxylic acids is 1. The lowest BCUT2D eigenvalue weighted by Gasteiger charge is -2.17. The standard InChI is InChI=1S/C25H19ClF4N2O5S2/c1-32(39(3,34)35)21-8-15-9-23(38-22(15)12-20(21)27)24(33)31-17-5-13(4-16(26)10-17)14-6-18(36-2)11-19(7-14)37-25(28,29)30/h4-12H,1-3H3,(H,31,33). The van der Waals surface area contributed by atoms with Gasteiger partial charge in [0.2, 0.25) is 10.0 Å². The van der Waals surface area contributed by atoms with Gasteiger partial charge in [-0.25, -0.2) is 12.8 Å². The van der Waals surface area contributed by atoms with E-state index in [9.17, 15) is 30.8 Å². The third-order valence-electron chi connectivity index (χ3n) is 5.48. The van der Waals surface area contributed by atoms with Crippen LogP contribution in [0.25, 0.3) is 21.2 Å². The van der Waals surface area contributed by atoms with Crippen LogP contribution < -0.4 is 19.1 Å². The van der Waals surface area contributed by atoms with E-state index in [4.69, 9.17) is 16.3 Å². The largest absolute Gasteiger partial charge is 0.573 e. The van der Waals surface area contributed by atoms with Gasteiger partial charge in [0.1, 0.15) is 17.3 Å². The van der Waals surface area contributed by atoms with Gasteiger partial charge < -0.3 is 14.8 Å². The molecule has 0 spiro atoms. The Bertz CT molecular complexity index is 1690. The number of thiophene rings is 1. The highest BCUT2D eigenvalue weighted by molar-refractivity contribution is 7.92. The smallest absolute Gasteiger partial charge is 0.497 e. The zero-order chi connectivity index (χ0) is 28.7. The molecule has 4 rings (SSSR count). The van der Waals surface area contributed by atoms with Crippen molar-refractivity contribution in [2.75, 3.05) is 30.0 Å². The Kier molecular flexibility index (Phi) is 7.70. The molecule has 4 aromatic rings. The number of methoxy groups -OCH3 is 1. The monoisotopic (exact) mass is 602 g/mol. The molecule has 14 heteroatoms. The van der Waals surface area contributed by atoms with Crippen LogP contribution in [0, 0.1) is 5.82 Å². The lowest BCUT2D eigenvalue weighted by molar-refractivity contribution is -0.274. The molecule has 0 unspecified atom stereocenters. The molecule has 0 aliphatic carbocycles. The summed E-state index contributed by atoms with van der Waals surface area (Å²) in [5, 5.41) is 3.32. The van der Waals surface area contributed by atoms with Crippen molar-refractivity contribution in [2.45, 2.75) is 6.36 Å². The number of carbonyl (C=O) groups is 1. The number of nitrogens with one attached hydrogen (secondary N) is 1. The summed E-state index contributed by atoms with van der Waals surface area (Å²) >= 11 is 7.22. The van der Waals surface area contributed by atoms with Crippen LogP contribution in [0.1, 0.15) is 9.67 Å². The Labute approximate surface area is 229 Å². The Balaban J connectivity index is 1.65. The molecule has 7 nitrogen and oxygen atoms in total. The zero-order valence-corrected chi connectivity index (χ0v) is 22.8. The number of benzene rings is 3. The quantitative estimate of drug-likeness (QED) is 0.232. The Morgan fingerprint density at radius 3 is 2.31 bits per heavy atom. The first-order valence-corrected chi connectivity index (χ1v) is 13.9. The summed E-state index contributed by atoms with van der Waals surface area (Å²) in [4.78, 5) is 13.2. The molecule has 1 aromatic heterocycles. The molecule has 1 amide bonds. The van der Waals surface area contributed by atoms with Gasteiger partial charge in [-0.1, -0.05) is 11.6 Å². The zero-order valence-electron chi connectivity index (χ0n) is 20.4. The number of amides is 1. The van der Waals surface area contributed by atoms with Crippen LogP contribution in [-0.4, -0.2) is 41.1 Å². The van der Waals surface area contributed by atoms with Gasteiger partial charge >= 0.3 is 6.36 Å². The van der Waals surface area contributed by atoms with Crippen molar-refractivity contribution in [1.82, 2.24) is 0 Å². The van der Waals surface area contributed by atoms with E-state index in [1.54, 1.807) is 0 Å². The number of ether oxygens (including phenoxy) is 2. The molecule has 206 valence electrons. The van der Waals surface area contributed by atoms with Crippen LogP contribution in [-0.2, 0) is 10.0 Å². The van der Waals surface area contributed by atoms with Gasteiger partial charge in [-0.3, -0.25) is 9.10 Å². The first-order chi connectivity index (χ1) is 18.1. The van der Waals surface area contributed by atoms with Crippen molar-refractivity contribution in [2.24, 2.45) is 0 Å². The predicted octanol–water partition coefficient (Wildman–Crippen LogP) is 6.92. The van der Waals surface area contributed by atoms with E-state index in [1.165, 1.54) is 50.6 Å². The molecule has 0 saturated carbocycles. The molecule has 39 heavy (non-hydrogen) atoms. The maximum Gasteiger partial charge on any atom is 0.573 e. The number of hydrogen-bond acceptors (Lipinski definition) is 6. The molecule has 0 saturated heterocycles. The summed E-state index contributed by atoms with van der Waals surface area (Å²) < 4.78 is 86.9. The van der Waals surface area contributed by atoms with E-state index in [-0.39, 0.29) is 32.6 Å². The summed E-state index contributed by atoms with van der Waals surface area (Å²) in [6.45, 7) is 0. The number of fused-ring (bicyclic) bond motifs is 1. The minimum Gasteiger partial charge on any atom is -0.497 e. The number of sulfonamides is 1. The first kappa shape index (κ1) is 28.5. The van der Waals surface area contributed by atoms with E-state index < -0.39 is 33.9 Å². The molecule has 0 atom stereocenters. The molecule has 0 radical (unpaired) electrons. The topological polar surface area (TPSA) is 84.9 Å². The maximum absolute atomic E-state index is 14.6. The second-order valence-corrected chi connectivity index (χ2v) is 11.8. The van der Waals surface area contributed by atoms with Crippen LogP contribution in [0.15, 0.2) is 54.6 Å². The molecular formula is C25H19ClF4N2O5S2. The molecule has 0 fully saturated rings. The Morgan fingerprint density at radius 1 is 1.00 bits per heavy atom. The van der Waals surface area contributed by atoms with Gasteiger partial charge in [-0.2, -0.15) is 0 Å². The Morgan fingerprint density at radius 2 is 1.67 bits per heavy atom. The number of anilines is 2. The van der Waals surface area contributed by atoms with Crippen LogP contribution in [0.5, 0.6) is 11.5 Å². The lowest BCUT2D eigenvalue weighted by atomic mass is 10.0. The number of alkyl halides is 3. The van der Waals surface area contributed by atoms with Gasteiger partial charge in [0.05, 0.1) is 23.9 Å². The van der Waals surface area contributed by atoms with Crippen LogP contribution >= 0.6 is 22.9 Å². The van der Waals surface area contributed by atoms with E-state index in [0.29, 0.717) is 15.6 Å². The molecule has 0 aliphatic heterocycles. The highest BCUT2D eigenvalue weighted by Crippen LogP contribution is 2.36. The van der Waals surface area contributed by atoms with E-state index >= 15 is 0 Å². The van der Waals surface area contributed by atoms with E-state index in [2.05, 4.69) is 10.1 Å². The summed E-state index contributed by atoms with van der Waals surface area (Å²) in [6.07, 6.45) is -3.97. The van der Waals surface area contributed by atoms with Crippen LogP contribution in [0.3, 0.4) is 0 Å². The number of halogens is 5. The summed E-state index contributed by atoms with van der Waals surface area (Å²) in [6, 6.07) is 12.1. The van der Waals surface area contributed by atoms with Crippen molar-refractivity contribution in [3.05, 3.63) is 70.3 Å². The molecule has 3 aromatic carbocycles. The van der Waals surface area contributed by atoms with E-state index in [1.807, 2.05) is 0 Å². The van der Waals surface area contributed by atoms with Crippen molar-refractivity contribution in [1.29, 1.82) is 0 Å². The predicted molar refractivity (Wildman–Crippen MR) is 143 cm³/mol. The average Bonchev–Trinajstić information content (AvgIpc) is 3.23. The molecule has 1 N–H and O–H groups in total. The van der Waals surface area contributed by atoms with Gasteiger partial charge in [0.25, 0.3) is 5.91 Å². The first-order valence-electron chi connectivity index (χ1n) is 10.9.